The Hall–Kier alpha value is -5.61. The van der Waals surface area contributed by atoms with Crippen molar-refractivity contribution in [2.24, 2.45) is 5.92 Å². The zero-order chi connectivity index (χ0) is 45.6. The summed E-state index contributed by atoms with van der Waals surface area (Å²) < 4.78 is 28.0. The number of aromatic nitrogens is 4. The number of ether oxygens (including phenoxy) is 2. The second kappa shape index (κ2) is 23.2. The van der Waals surface area contributed by atoms with Crippen LogP contribution in [0.5, 0.6) is 5.75 Å². The Balaban J connectivity index is 1.54. The van der Waals surface area contributed by atoms with Crippen molar-refractivity contribution < 1.29 is 33.7 Å². The molecule has 342 valence electrons. The highest BCUT2D eigenvalue weighted by atomic mass is 19.1. The van der Waals surface area contributed by atoms with E-state index in [9.17, 15) is 19.8 Å². The molecule has 3 heterocycles. The van der Waals surface area contributed by atoms with Gasteiger partial charge >= 0.3 is 11.9 Å². The highest BCUT2D eigenvalue weighted by Gasteiger charge is 2.39. The molecule has 5 rings (SSSR count). The predicted octanol–water partition coefficient (Wildman–Crippen LogP) is 6.56. The van der Waals surface area contributed by atoms with E-state index >= 15 is 4.39 Å². The van der Waals surface area contributed by atoms with Gasteiger partial charge in [0.15, 0.2) is 0 Å². The molecule has 1 saturated heterocycles. The van der Waals surface area contributed by atoms with Gasteiger partial charge in [-0.3, -0.25) is 9.59 Å². The average Bonchev–Trinajstić information content (AvgIpc) is 3.24. The van der Waals surface area contributed by atoms with Crippen LogP contribution >= 0.6 is 0 Å². The normalized spacial score (nSPS) is 14.8. The number of likely N-dealkylation sites (tertiary alicyclic amines) is 1. The smallest absolute Gasteiger partial charge is 0.314 e. The second-order valence-corrected chi connectivity index (χ2v) is 16.7. The molecule has 2 aromatic heterocycles. The number of nitrogens with one attached hydrogen (secondary N) is 2. The summed E-state index contributed by atoms with van der Waals surface area (Å²) in [6.07, 6.45) is 6.89. The average molecular weight is 872 g/mol. The molecule has 0 aliphatic carbocycles. The fraction of sp³-hybridized carbons (Fsp3) is 0.532. The molecule has 15 nitrogen and oxygen atoms in total. The van der Waals surface area contributed by atoms with Gasteiger partial charge in [-0.15, -0.1) is 0 Å². The van der Waals surface area contributed by atoms with Gasteiger partial charge in [-0.1, -0.05) is 51.0 Å². The lowest BCUT2D eigenvalue weighted by Gasteiger charge is -2.29. The summed E-state index contributed by atoms with van der Waals surface area (Å²) in [6.45, 7) is 10.4. The van der Waals surface area contributed by atoms with Gasteiger partial charge in [0.2, 0.25) is 11.9 Å². The molecule has 0 saturated carbocycles. The molecule has 4 aromatic rings. The Labute approximate surface area is 370 Å². The van der Waals surface area contributed by atoms with Crippen LogP contribution in [-0.4, -0.2) is 100 Å². The topological polar surface area (TPSA) is 224 Å². The van der Waals surface area contributed by atoms with E-state index in [1.807, 2.05) is 13.8 Å². The minimum absolute atomic E-state index is 0.0167. The Kier molecular flexibility index (Phi) is 17.8. The van der Waals surface area contributed by atoms with Crippen LogP contribution in [0.25, 0.3) is 0 Å². The number of aliphatic hydroxyl groups excluding tert-OH is 1. The lowest BCUT2D eigenvalue weighted by atomic mass is 9.80. The van der Waals surface area contributed by atoms with E-state index < -0.39 is 29.6 Å². The number of esters is 2. The first kappa shape index (κ1) is 48.4. The van der Waals surface area contributed by atoms with Crippen LogP contribution in [0.15, 0.2) is 36.4 Å². The zero-order valence-corrected chi connectivity index (χ0v) is 37.7. The number of phenolic OH excluding ortho intramolecular Hbond substituents is 1. The minimum Gasteiger partial charge on any atom is -0.508 e. The Morgan fingerprint density at radius 1 is 0.873 bits per heavy atom. The van der Waals surface area contributed by atoms with Crippen LogP contribution < -0.4 is 22.1 Å². The van der Waals surface area contributed by atoms with Crippen molar-refractivity contribution in [1.82, 2.24) is 24.8 Å². The third kappa shape index (κ3) is 13.0. The summed E-state index contributed by atoms with van der Waals surface area (Å²) >= 11 is 0. The number of aliphatic hydroxyl groups is 1. The number of piperidine rings is 1. The van der Waals surface area contributed by atoms with Gasteiger partial charge in [0.1, 0.15) is 23.2 Å². The van der Waals surface area contributed by atoms with Crippen molar-refractivity contribution in [3.63, 3.8) is 0 Å². The van der Waals surface area contributed by atoms with E-state index in [4.69, 9.17) is 20.9 Å². The van der Waals surface area contributed by atoms with Crippen LogP contribution in [0.3, 0.4) is 0 Å². The number of nitrogens with zero attached hydrogens (tertiary/aromatic N) is 5. The number of unbranched alkanes of at least 4 members (excludes halogenated alkanes) is 1. The molecule has 1 aliphatic heterocycles. The van der Waals surface area contributed by atoms with Gasteiger partial charge in [0, 0.05) is 54.5 Å². The van der Waals surface area contributed by atoms with E-state index in [0.29, 0.717) is 76.1 Å². The SMILES string of the molecule is CCCCNc1nc(N)nc(C)c1Cc1cc(C(C(=O)OC)C(C(=O)OCCC2CCN(C)CC2)c2ccc(Cc3c(C)nc(N)nc3NC(CCC)CCO)c(F)c2)ccc1O. The zero-order valence-electron chi connectivity index (χ0n) is 37.7. The maximum atomic E-state index is 16.6. The first-order valence-electron chi connectivity index (χ1n) is 22.2. The Morgan fingerprint density at radius 2 is 1.49 bits per heavy atom. The fourth-order valence-electron chi connectivity index (χ4n) is 8.34. The molecular formula is C47H66FN9O6. The monoisotopic (exact) mass is 872 g/mol. The van der Waals surface area contributed by atoms with Crippen molar-refractivity contribution in [1.29, 1.82) is 0 Å². The standard InChI is InChI=1S/C47H66FN9O6/c1-7-9-19-51-42-36(28(3)52-46(49)55-42)26-34-24-32(13-14-39(34)59)40(44(60)62-6)41(45(61)63-23-18-30-15-20-57(5)21-16-30)33-12-11-31(38(48)27-33)25-37-29(4)53-47(50)56-43(37)54-35(10-8-2)17-22-58/h11-14,24,27,30,35,40-41,58-59H,7-10,15-23,25-26H2,1-6H3,(H3,49,51,52,55)(H3,50,53,54,56). The number of carbonyl (C=O) groups is 2. The number of benzene rings is 2. The van der Waals surface area contributed by atoms with Gasteiger partial charge < -0.3 is 46.7 Å². The molecule has 1 fully saturated rings. The van der Waals surface area contributed by atoms with E-state index in [2.05, 4.69) is 49.4 Å². The van der Waals surface area contributed by atoms with Crippen molar-refractivity contribution in [2.45, 2.75) is 110 Å². The molecule has 0 bridgehead atoms. The van der Waals surface area contributed by atoms with Crippen LogP contribution in [0.4, 0.5) is 27.9 Å². The summed E-state index contributed by atoms with van der Waals surface area (Å²) in [4.78, 5) is 48.4. The number of rotatable bonds is 22. The van der Waals surface area contributed by atoms with Crippen molar-refractivity contribution in [2.75, 3.05) is 69.1 Å². The number of carbonyl (C=O) groups excluding carboxylic acids is 2. The third-order valence-corrected chi connectivity index (χ3v) is 12.0. The molecule has 1 aliphatic rings. The lowest BCUT2D eigenvalue weighted by molar-refractivity contribution is -0.153. The highest BCUT2D eigenvalue weighted by molar-refractivity contribution is 5.90. The molecule has 0 spiro atoms. The summed E-state index contributed by atoms with van der Waals surface area (Å²) in [5, 5.41) is 27.6. The summed E-state index contributed by atoms with van der Waals surface area (Å²) in [5.41, 5.74) is 15.9. The number of phenols is 1. The van der Waals surface area contributed by atoms with Crippen molar-refractivity contribution in [3.05, 3.63) is 87.0 Å². The molecule has 3 unspecified atom stereocenters. The number of halogens is 1. The Morgan fingerprint density at radius 3 is 2.13 bits per heavy atom. The molecule has 0 radical (unpaired) electrons. The fourth-order valence-corrected chi connectivity index (χ4v) is 8.34. The molecule has 2 aromatic carbocycles. The van der Waals surface area contributed by atoms with E-state index in [0.717, 1.165) is 51.6 Å². The molecule has 3 atom stereocenters. The maximum absolute atomic E-state index is 16.6. The Bertz CT molecular complexity index is 2160. The number of nitrogens with two attached hydrogens (primary N) is 2. The summed E-state index contributed by atoms with van der Waals surface area (Å²) in [6, 6.07) is 9.10. The number of methoxy groups -OCH3 is 1. The molecule has 0 amide bonds. The first-order valence-corrected chi connectivity index (χ1v) is 22.2. The second-order valence-electron chi connectivity index (χ2n) is 16.7. The van der Waals surface area contributed by atoms with Crippen LogP contribution in [-0.2, 0) is 31.9 Å². The molecule has 16 heteroatoms. The van der Waals surface area contributed by atoms with Gasteiger partial charge in [0.05, 0.1) is 25.6 Å². The van der Waals surface area contributed by atoms with E-state index in [1.54, 1.807) is 31.2 Å². The molecule has 8 N–H and O–H groups in total. The first-order chi connectivity index (χ1) is 30.3. The molecular weight excluding hydrogens is 806 g/mol. The largest absolute Gasteiger partial charge is 0.508 e. The van der Waals surface area contributed by atoms with Crippen LogP contribution in [0.1, 0.15) is 122 Å². The van der Waals surface area contributed by atoms with Crippen molar-refractivity contribution in [3.8, 4) is 5.75 Å². The van der Waals surface area contributed by atoms with Crippen LogP contribution in [0, 0.1) is 25.6 Å². The predicted molar refractivity (Wildman–Crippen MR) is 243 cm³/mol. The van der Waals surface area contributed by atoms with Gasteiger partial charge in [0.25, 0.3) is 0 Å². The third-order valence-electron chi connectivity index (χ3n) is 12.0. The van der Waals surface area contributed by atoms with E-state index in [1.165, 1.54) is 19.2 Å². The van der Waals surface area contributed by atoms with Crippen molar-refractivity contribution >= 4 is 35.5 Å². The lowest BCUT2D eigenvalue weighted by Crippen LogP contribution is -2.32. The number of aromatic hydroxyl groups is 1. The summed E-state index contributed by atoms with van der Waals surface area (Å²) in [5.74, 6) is -3.15. The highest BCUT2D eigenvalue weighted by Crippen LogP contribution is 2.39. The van der Waals surface area contributed by atoms with Gasteiger partial charge in [-0.2, -0.15) is 9.97 Å². The minimum atomic E-state index is -1.32. The number of anilines is 4. The number of nitrogen functional groups attached to an aromatic ring is 2. The molecule has 63 heavy (non-hydrogen) atoms. The number of hydrogen-bond donors (Lipinski definition) is 6. The van der Waals surface area contributed by atoms with Crippen LogP contribution in [0.2, 0.25) is 0 Å². The maximum Gasteiger partial charge on any atom is 0.314 e. The van der Waals surface area contributed by atoms with E-state index in [-0.39, 0.29) is 55.3 Å². The summed E-state index contributed by atoms with van der Waals surface area (Å²) in [7, 11) is 3.32. The quantitative estimate of drug-likeness (QED) is 0.0363. The van der Waals surface area contributed by atoms with Gasteiger partial charge in [-0.25, -0.2) is 14.4 Å². The number of hydrogen-bond acceptors (Lipinski definition) is 15. The number of aryl methyl sites for hydroxylation is 2. The van der Waals surface area contributed by atoms with Gasteiger partial charge in [-0.05, 0) is 113 Å².